The van der Waals surface area contributed by atoms with Gasteiger partial charge in [0.25, 0.3) is 11.8 Å². The standard InChI is InChI=1S/C29H33N3O4S/c33-25-16-15-23(27(34)31-25)32-28(35)22-9-4-10-24(26(22)29(32)36)37-18-20-13-11-19(12-14-20)6-5-17-30-21-7-2-1-3-8-21/h4,9-14,21,23,30H,1-3,5-8,15-18H2,(H,31,33,34). The van der Waals surface area contributed by atoms with E-state index in [1.165, 1.54) is 49.4 Å². The maximum absolute atomic E-state index is 13.3. The van der Waals surface area contributed by atoms with E-state index in [0.717, 1.165) is 34.7 Å². The lowest BCUT2D eigenvalue weighted by Crippen LogP contribution is -2.54. The summed E-state index contributed by atoms with van der Waals surface area (Å²) in [6.07, 6.45) is 9.14. The number of benzene rings is 2. The molecule has 1 unspecified atom stereocenters. The Morgan fingerprint density at radius 1 is 0.892 bits per heavy atom. The molecule has 0 aromatic heterocycles. The average molecular weight is 520 g/mol. The maximum Gasteiger partial charge on any atom is 0.263 e. The number of nitrogens with one attached hydrogen (secondary N) is 2. The predicted octanol–water partition coefficient (Wildman–Crippen LogP) is 4.24. The zero-order valence-electron chi connectivity index (χ0n) is 21.0. The van der Waals surface area contributed by atoms with Gasteiger partial charge in [0.15, 0.2) is 0 Å². The number of carbonyl (C=O) groups excluding carboxylic acids is 4. The van der Waals surface area contributed by atoms with Crippen LogP contribution < -0.4 is 10.6 Å². The first-order chi connectivity index (χ1) is 18.0. The number of imide groups is 2. The number of amides is 4. The van der Waals surface area contributed by atoms with Crippen molar-refractivity contribution in [2.45, 2.75) is 80.5 Å². The molecule has 3 aliphatic rings. The number of fused-ring (bicyclic) bond motifs is 1. The third-order valence-electron chi connectivity index (χ3n) is 7.53. The SMILES string of the molecule is O=C1CCC(N2C(=O)c3cccc(SCc4ccc(CCCNC5CCCCC5)cc4)c3C2=O)C(=O)N1. The number of hydrogen-bond acceptors (Lipinski definition) is 6. The molecule has 2 aliphatic heterocycles. The lowest BCUT2D eigenvalue weighted by Gasteiger charge is -2.27. The molecule has 2 aromatic carbocycles. The van der Waals surface area contributed by atoms with Crippen molar-refractivity contribution in [3.63, 3.8) is 0 Å². The molecule has 2 fully saturated rings. The van der Waals surface area contributed by atoms with Gasteiger partial charge in [-0.3, -0.25) is 29.4 Å². The fraction of sp³-hybridized carbons (Fsp3) is 0.448. The average Bonchev–Trinajstić information content (AvgIpc) is 3.17. The van der Waals surface area contributed by atoms with E-state index in [9.17, 15) is 19.2 Å². The van der Waals surface area contributed by atoms with E-state index in [2.05, 4.69) is 34.9 Å². The van der Waals surface area contributed by atoms with Crippen molar-refractivity contribution in [1.82, 2.24) is 15.5 Å². The van der Waals surface area contributed by atoms with Crippen LogP contribution in [0.25, 0.3) is 0 Å². The molecule has 2 N–H and O–H groups in total. The molecule has 5 rings (SSSR count). The minimum atomic E-state index is -0.951. The number of hydrogen-bond donors (Lipinski definition) is 2. The Balaban J connectivity index is 1.17. The Hall–Kier alpha value is -2.97. The lowest BCUT2D eigenvalue weighted by molar-refractivity contribution is -0.136. The first kappa shape index (κ1) is 25.7. The minimum absolute atomic E-state index is 0.110. The normalized spacial score (nSPS) is 20.3. The number of piperidine rings is 1. The Bertz CT molecular complexity index is 1190. The van der Waals surface area contributed by atoms with Crippen LogP contribution in [0.15, 0.2) is 47.4 Å². The second-order valence-electron chi connectivity index (χ2n) is 10.1. The van der Waals surface area contributed by atoms with E-state index in [1.807, 2.05) is 6.07 Å². The van der Waals surface area contributed by atoms with E-state index in [-0.39, 0.29) is 18.7 Å². The molecule has 2 heterocycles. The monoisotopic (exact) mass is 519 g/mol. The van der Waals surface area contributed by atoms with Crippen LogP contribution in [0, 0.1) is 0 Å². The van der Waals surface area contributed by atoms with Crippen molar-refractivity contribution in [1.29, 1.82) is 0 Å². The van der Waals surface area contributed by atoms with Crippen LogP contribution in [0.4, 0.5) is 0 Å². The van der Waals surface area contributed by atoms with Crippen molar-refractivity contribution < 1.29 is 19.2 Å². The largest absolute Gasteiger partial charge is 0.314 e. The first-order valence-corrected chi connectivity index (χ1v) is 14.3. The third-order valence-corrected chi connectivity index (χ3v) is 8.66. The van der Waals surface area contributed by atoms with Crippen LogP contribution in [-0.4, -0.2) is 47.2 Å². The van der Waals surface area contributed by atoms with Gasteiger partial charge in [0.2, 0.25) is 11.8 Å². The fourth-order valence-electron chi connectivity index (χ4n) is 5.47. The topological polar surface area (TPSA) is 95.6 Å². The Kier molecular flexibility index (Phi) is 8.05. The Labute approximate surface area is 221 Å². The zero-order valence-corrected chi connectivity index (χ0v) is 21.8. The number of nitrogens with zero attached hydrogens (tertiary/aromatic N) is 1. The molecule has 2 aromatic rings. The van der Waals surface area contributed by atoms with Crippen molar-refractivity contribution >= 4 is 35.4 Å². The molecule has 1 aliphatic carbocycles. The van der Waals surface area contributed by atoms with Gasteiger partial charge in [-0.25, -0.2) is 0 Å². The van der Waals surface area contributed by atoms with E-state index in [4.69, 9.17) is 0 Å². The van der Waals surface area contributed by atoms with Gasteiger partial charge in [0.05, 0.1) is 11.1 Å². The summed E-state index contributed by atoms with van der Waals surface area (Å²) in [7, 11) is 0. The molecule has 8 heteroatoms. The second-order valence-corrected chi connectivity index (χ2v) is 11.1. The van der Waals surface area contributed by atoms with Gasteiger partial charge in [0.1, 0.15) is 6.04 Å². The van der Waals surface area contributed by atoms with Gasteiger partial charge in [-0.2, -0.15) is 0 Å². The van der Waals surface area contributed by atoms with E-state index in [1.54, 1.807) is 12.1 Å². The van der Waals surface area contributed by atoms with Gasteiger partial charge in [-0.15, -0.1) is 11.8 Å². The van der Waals surface area contributed by atoms with Gasteiger partial charge in [0, 0.05) is 23.1 Å². The first-order valence-electron chi connectivity index (χ1n) is 13.3. The van der Waals surface area contributed by atoms with Crippen LogP contribution >= 0.6 is 11.8 Å². The van der Waals surface area contributed by atoms with Gasteiger partial charge >= 0.3 is 0 Å². The molecule has 4 amide bonds. The highest BCUT2D eigenvalue weighted by molar-refractivity contribution is 7.98. The molecule has 1 atom stereocenters. The van der Waals surface area contributed by atoms with E-state index >= 15 is 0 Å². The summed E-state index contributed by atoms with van der Waals surface area (Å²) < 4.78 is 0. The summed E-state index contributed by atoms with van der Waals surface area (Å²) in [5, 5.41) is 5.94. The maximum atomic E-state index is 13.3. The van der Waals surface area contributed by atoms with Crippen molar-refractivity contribution in [2.75, 3.05) is 6.54 Å². The van der Waals surface area contributed by atoms with Crippen LogP contribution in [0.1, 0.15) is 83.2 Å². The molecule has 7 nitrogen and oxygen atoms in total. The molecule has 37 heavy (non-hydrogen) atoms. The quantitative estimate of drug-likeness (QED) is 0.292. The molecular weight excluding hydrogens is 486 g/mol. The third kappa shape index (κ3) is 5.80. The van der Waals surface area contributed by atoms with Crippen LogP contribution in [0.3, 0.4) is 0 Å². The summed E-state index contributed by atoms with van der Waals surface area (Å²) in [6.45, 7) is 1.06. The second kappa shape index (κ2) is 11.6. The van der Waals surface area contributed by atoms with Crippen molar-refractivity contribution in [2.24, 2.45) is 0 Å². The fourth-order valence-corrected chi connectivity index (χ4v) is 6.50. The number of aryl methyl sites for hydroxylation is 1. The molecule has 0 radical (unpaired) electrons. The van der Waals surface area contributed by atoms with Crippen LogP contribution in [0.2, 0.25) is 0 Å². The molecule has 1 saturated carbocycles. The number of rotatable bonds is 9. The highest BCUT2D eigenvalue weighted by Crippen LogP contribution is 2.35. The lowest BCUT2D eigenvalue weighted by atomic mass is 9.95. The van der Waals surface area contributed by atoms with Crippen LogP contribution in [-0.2, 0) is 21.8 Å². The summed E-state index contributed by atoms with van der Waals surface area (Å²) in [6, 6.07) is 13.6. The summed E-state index contributed by atoms with van der Waals surface area (Å²) in [4.78, 5) is 51.9. The van der Waals surface area contributed by atoms with Gasteiger partial charge in [-0.05, 0) is 61.9 Å². The molecule has 0 bridgehead atoms. The Morgan fingerprint density at radius 2 is 1.65 bits per heavy atom. The Morgan fingerprint density at radius 3 is 2.41 bits per heavy atom. The summed E-state index contributed by atoms with van der Waals surface area (Å²) in [5.74, 6) is -1.24. The summed E-state index contributed by atoms with van der Waals surface area (Å²) >= 11 is 1.51. The highest BCUT2D eigenvalue weighted by atomic mass is 32.2. The molecule has 1 saturated heterocycles. The molecular formula is C29H33N3O4S. The van der Waals surface area contributed by atoms with E-state index in [0.29, 0.717) is 22.9 Å². The summed E-state index contributed by atoms with van der Waals surface area (Å²) in [5.41, 5.74) is 3.13. The zero-order chi connectivity index (χ0) is 25.8. The van der Waals surface area contributed by atoms with E-state index < -0.39 is 23.8 Å². The smallest absolute Gasteiger partial charge is 0.263 e. The van der Waals surface area contributed by atoms with Crippen molar-refractivity contribution in [3.8, 4) is 0 Å². The van der Waals surface area contributed by atoms with Crippen molar-refractivity contribution in [3.05, 3.63) is 64.7 Å². The predicted molar refractivity (Wildman–Crippen MR) is 142 cm³/mol. The molecule has 0 spiro atoms. The minimum Gasteiger partial charge on any atom is -0.314 e. The highest BCUT2D eigenvalue weighted by Gasteiger charge is 2.45. The van der Waals surface area contributed by atoms with Crippen LogP contribution in [0.5, 0.6) is 0 Å². The van der Waals surface area contributed by atoms with Gasteiger partial charge in [-0.1, -0.05) is 49.6 Å². The number of thioether (sulfide) groups is 1. The van der Waals surface area contributed by atoms with Gasteiger partial charge < -0.3 is 5.32 Å². The number of carbonyl (C=O) groups is 4. The molecule has 194 valence electrons.